The summed E-state index contributed by atoms with van der Waals surface area (Å²) in [5.41, 5.74) is 8.34. The van der Waals surface area contributed by atoms with Crippen LogP contribution in [0.2, 0.25) is 0 Å². The maximum absolute atomic E-state index is 14.6. The second-order valence-corrected chi connectivity index (χ2v) is 15.7. The van der Waals surface area contributed by atoms with Crippen molar-refractivity contribution in [2.24, 2.45) is 0 Å². The number of hydrogen-bond donors (Lipinski definition) is 0. The maximum atomic E-state index is 14.6. The third-order valence-electron chi connectivity index (χ3n) is 11.3. The number of morpholine rings is 1. The lowest BCUT2D eigenvalue weighted by molar-refractivity contribution is 0.122. The van der Waals surface area contributed by atoms with Crippen molar-refractivity contribution in [2.75, 3.05) is 45.4 Å². The number of ether oxygens (including phenoxy) is 4. The summed E-state index contributed by atoms with van der Waals surface area (Å²) in [5.74, 6) is 1.64. The Morgan fingerprint density at radius 3 is 2.07 bits per heavy atom. The lowest BCUT2D eigenvalue weighted by Gasteiger charge is -2.37. The molecule has 0 aliphatic carbocycles. The minimum atomic E-state index is -1.07. The molecule has 1 unspecified atom stereocenters. The van der Waals surface area contributed by atoms with Crippen LogP contribution < -0.4 is 19.1 Å². The van der Waals surface area contributed by atoms with Gasteiger partial charge in [-0.05, 0) is 95.6 Å². The predicted octanol–water partition coefficient (Wildman–Crippen LogP) is 10.9. The normalized spacial score (nSPS) is 17.1. The molecule has 278 valence electrons. The highest BCUT2D eigenvalue weighted by Crippen LogP contribution is 2.52. The number of nitrogens with zero attached hydrogens (tertiary/aromatic N) is 2. The van der Waals surface area contributed by atoms with Crippen LogP contribution in [0.5, 0.6) is 17.2 Å². The lowest BCUT2D eigenvalue weighted by Crippen LogP contribution is -2.37. The Labute approximate surface area is 321 Å². The van der Waals surface area contributed by atoms with Gasteiger partial charge >= 0.3 is 0 Å². The highest BCUT2D eigenvalue weighted by atomic mass is 19.1. The molecule has 9 rings (SSSR count). The van der Waals surface area contributed by atoms with Gasteiger partial charge < -0.3 is 28.4 Å². The van der Waals surface area contributed by atoms with Gasteiger partial charge in [-0.25, -0.2) is 4.39 Å². The van der Waals surface area contributed by atoms with Crippen molar-refractivity contribution < 1.29 is 23.3 Å². The molecule has 2 aliphatic heterocycles. The van der Waals surface area contributed by atoms with Crippen molar-refractivity contribution >= 4 is 44.3 Å². The molecular formula is C48H45FN2O4. The summed E-state index contributed by atoms with van der Waals surface area (Å²) >= 11 is 0. The van der Waals surface area contributed by atoms with Gasteiger partial charge in [0.15, 0.2) is 17.1 Å². The van der Waals surface area contributed by atoms with Gasteiger partial charge in [-0.1, -0.05) is 69.3 Å². The number of hydrogen-bond acceptors (Lipinski definition) is 5. The largest absolute Gasteiger partial charge is 0.493 e. The fourth-order valence-corrected chi connectivity index (χ4v) is 8.41. The Hall–Kier alpha value is -5.79. The standard InChI is InChI=1S/C48H45FN2O4/c1-30-10-19-37-41(26-30)51(36-9-7-8-33(27-36)47(2,3)4)45-38-20-21-48(31-11-15-34(49)16-12-31,32-13-17-35(18-14-32)50-22-24-54-25-23-50)55-46(38)40-29-43(53-6)42(52-5)28-39(40)44(37)45/h7-21,26-29H,22-25H2,1-6H3. The Morgan fingerprint density at radius 1 is 0.727 bits per heavy atom. The predicted molar refractivity (Wildman–Crippen MR) is 221 cm³/mol. The van der Waals surface area contributed by atoms with E-state index >= 15 is 0 Å². The van der Waals surface area contributed by atoms with Gasteiger partial charge in [-0.15, -0.1) is 0 Å². The smallest absolute Gasteiger partial charge is 0.178 e. The van der Waals surface area contributed by atoms with Gasteiger partial charge in [0, 0.05) is 57.3 Å². The molecule has 1 saturated heterocycles. The molecular weight excluding hydrogens is 688 g/mol. The van der Waals surface area contributed by atoms with Crippen molar-refractivity contribution in [1.82, 2.24) is 4.57 Å². The van der Waals surface area contributed by atoms with Crippen LogP contribution in [0.15, 0.2) is 109 Å². The van der Waals surface area contributed by atoms with Gasteiger partial charge in [0.05, 0.1) is 38.5 Å². The summed E-state index contributed by atoms with van der Waals surface area (Å²) in [7, 11) is 3.33. The molecule has 1 aromatic heterocycles. The first kappa shape index (κ1) is 34.9. The molecule has 1 fully saturated rings. The minimum Gasteiger partial charge on any atom is -0.493 e. The Bertz CT molecular complexity index is 2630. The van der Waals surface area contributed by atoms with Crippen molar-refractivity contribution in [2.45, 2.75) is 38.7 Å². The van der Waals surface area contributed by atoms with Crippen LogP contribution in [0.4, 0.5) is 10.1 Å². The second kappa shape index (κ2) is 13.2. The van der Waals surface area contributed by atoms with Gasteiger partial charge in [0.1, 0.15) is 11.6 Å². The number of aromatic nitrogens is 1. The van der Waals surface area contributed by atoms with E-state index in [1.54, 1.807) is 14.2 Å². The van der Waals surface area contributed by atoms with Gasteiger partial charge in [-0.2, -0.15) is 0 Å². The average Bonchev–Trinajstić information content (AvgIpc) is 3.55. The Kier molecular flexibility index (Phi) is 8.39. The Morgan fingerprint density at radius 2 is 1.40 bits per heavy atom. The van der Waals surface area contributed by atoms with E-state index in [1.807, 2.05) is 18.2 Å². The minimum absolute atomic E-state index is 0.0458. The van der Waals surface area contributed by atoms with E-state index in [9.17, 15) is 4.39 Å². The fourth-order valence-electron chi connectivity index (χ4n) is 8.41. The zero-order valence-electron chi connectivity index (χ0n) is 32.2. The van der Waals surface area contributed by atoms with Crippen LogP contribution >= 0.6 is 0 Å². The summed E-state index contributed by atoms with van der Waals surface area (Å²) in [6, 6.07) is 34.8. The monoisotopic (exact) mass is 732 g/mol. The highest BCUT2D eigenvalue weighted by Gasteiger charge is 2.40. The van der Waals surface area contributed by atoms with E-state index in [1.165, 1.54) is 23.3 Å². The van der Waals surface area contributed by atoms with Crippen LogP contribution in [0.25, 0.3) is 44.3 Å². The maximum Gasteiger partial charge on any atom is 0.178 e. The number of fused-ring (bicyclic) bond motifs is 8. The second-order valence-electron chi connectivity index (χ2n) is 15.7. The molecule has 7 heteroatoms. The molecule has 0 spiro atoms. The number of methoxy groups -OCH3 is 2. The first-order valence-electron chi connectivity index (χ1n) is 18.9. The van der Waals surface area contributed by atoms with E-state index in [-0.39, 0.29) is 11.2 Å². The molecule has 0 radical (unpaired) electrons. The molecule has 0 saturated carbocycles. The number of anilines is 1. The molecule has 55 heavy (non-hydrogen) atoms. The molecule has 6 aromatic carbocycles. The SMILES string of the molecule is COc1cc2c3c(c4c(c2cc1OC)c1ccc(C)cc1n4-c1cccc(C(C)(C)C)c1)C=CC(c1ccc(F)cc1)(c1ccc(N2CCOCC2)cc1)O3. The molecule has 6 nitrogen and oxygen atoms in total. The van der Waals surface area contributed by atoms with Gasteiger partial charge in [-0.3, -0.25) is 0 Å². The molecule has 7 aromatic rings. The summed E-state index contributed by atoms with van der Waals surface area (Å²) in [6.45, 7) is 12.0. The van der Waals surface area contributed by atoms with E-state index in [0.717, 1.165) is 73.7 Å². The van der Waals surface area contributed by atoms with E-state index in [4.69, 9.17) is 18.9 Å². The summed E-state index contributed by atoms with van der Waals surface area (Å²) in [4.78, 5) is 2.34. The molecule has 1 atom stereocenters. The molecule has 0 bridgehead atoms. The third kappa shape index (κ3) is 5.72. The van der Waals surface area contributed by atoms with Crippen molar-refractivity contribution in [3.63, 3.8) is 0 Å². The third-order valence-corrected chi connectivity index (χ3v) is 11.3. The topological polar surface area (TPSA) is 45.1 Å². The first-order valence-corrected chi connectivity index (χ1v) is 18.9. The molecule has 0 amide bonds. The summed E-state index contributed by atoms with van der Waals surface area (Å²) < 4.78 is 41.9. The summed E-state index contributed by atoms with van der Waals surface area (Å²) in [6.07, 6.45) is 4.34. The van der Waals surface area contributed by atoms with Crippen molar-refractivity contribution in [1.29, 1.82) is 0 Å². The molecule has 0 N–H and O–H groups in total. The van der Waals surface area contributed by atoms with E-state index in [0.29, 0.717) is 30.5 Å². The van der Waals surface area contributed by atoms with Crippen molar-refractivity contribution in [3.8, 4) is 22.9 Å². The number of aryl methyl sites for hydroxylation is 1. The fraction of sp³-hybridized carbons (Fsp3) is 0.250. The van der Waals surface area contributed by atoms with Crippen LogP contribution in [-0.4, -0.2) is 45.1 Å². The van der Waals surface area contributed by atoms with Crippen LogP contribution in [0, 0.1) is 12.7 Å². The quantitative estimate of drug-likeness (QED) is 0.170. The van der Waals surface area contributed by atoms with Crippen LogP contribution in [0.3, 0.4) is 0 Å². The van der Waals surface area contributed by atoms with E-state index in [2.05, 4.69) is 122 Å². The lowest BCUT2D eigenvalue weighted by atomic mass is 9.82. The van der Waals surface area contributed by atoms with Crippen molar-refractivity contribution in [3.05, 3.63) is 143 Å². The summed E-state index contributed by atoms with van der Waals surface area (Å²) in [5, 5.41) is 4.11. The molecule has 2 aliphatic rings. The van der Waals surface area contributed by atoms with Crippen LogP contribution in [-0.2, 0) is 15.8 Å². The van der Waals surface area contributed by atoms with Crippen LogP contribution in [0.1, 0.15) is 48.6 Å². The van der Waals surface area contributed by atoms with Gasteiger partial charge in [0.2, 0.25) is 0 Å². The number of rotatable bonds is 6. The van der Waals surface area contributed by atoms with Gasteiger partial charge in [0.25, 0.3) is 0 Å². The molecule has 3 heterocycles. The first-order chi connectivity index (χ1) is 26.6. The Balaban J connectivity index is 1.38. The zero-order chi connectivity index (χ0) is 38.1. The van der Waals surface area contributed by atoms with E-state index < -0.39 is 5.60 Å². The zero-order valence-corrected chi connectivity index (χ0v) is 32.2. The average molecular weight is 733 g/mol. The number of benzene rings is 6. The number of halogens is 1. The highest BCUT2D eigenvalue weighted by molar-refractivity contribution is 6.25.